The Morgan fingerprint density at radius 1 is 1.11 bits per heavy atom. The summed E-state index contributed by atoms with van der Waals surface area (Å²) in [5.41, 5.74) is 10.7. The van der Waals surface area contributed by atoms with Crippen molar-refractivity contribution in [3.8, 4) is 12.1 Å². The summed E-state index contributed by atoms with van der Waals surface area (Å²) in [6.45, 7) is 0. The second-order valence-electron chi connectivity index (χ2n) is 11.9. The maximum Gasteiger partial charge on any atom is 0.148 e. The van der Waals surface area contributed by atoms with E-state index in [0.29, 0.717) is 38.9 Å². The maximum absolute atomic E-state index is 14.0. The van der Waals surface area contributed by atoms with Gasteiger partial charge in [0.1, 0.15) is 19.7 Å². The molecule has 2 saturated carbocycles. The van der Waals surface area contributed by atoms with Gasteiger partial charge in [0.15, 0.2) is 0 Å². The molecule has 11 heteroatoms. The molecule has 0 bridgehead atoms. The van der Waals surface area contributed by atoms with E-state index in [4.69, 9.17) is 11.6 Å². The zero-order valence-electron chi connectivity index (χ0n) is 24.0. The van der Waals surface area contributed by atoms with E-state index >= 15 is 0 Å². The molecule has 0 amide bonds. The molecule has 0 saturated heterocycles. The smallest absolute Gasteiger partial charge is 0.148 e. The van der Waals surface area contributed by atoms with E-state index in [-0.39, 0.29) is 23.7 Å². The summed E-state index contributed by atoms with van der Waals surface area (Å²) in [7, 11) is 2.03. The Morgan fingerprint density at radius 3 is 2.57 bits per heavy atom. The Bertz CT molecular complexity index is 1850. The third kappa shape index (κ3) is 5.17. The third-order valence-electron chi connectivity index (χ3n) is 8.82. The van der Waals surface area contributed by atoms with E-state index < -0.39 is 5.44 Å². The molecular weight excluding hydrogens is 574 g/mol. The number of fused-ring (bicyclic) bond motifs is 1. The number of nitrogens with one attached hydrogen (secondary N) is 4. The first-order valence-electron chi connectivity index (χ1n) is 14.7. The number of anilines is 2. The van der Waals surface area contributed by atoms with Crippen molar-refractivity contribution in [2.24, 2.45) is 11.8 Å². The molecule has 0 spiro atoms. The fourth-order valence-corrected chi connectivity index (χ4v) is 6.32. The van der Waals surface area contributed by atoms with Crippen molar-refractivity contribution in [1.82, 2.24) is 21.0 Å². The largest absolute Gasteiger partial charge is 0.378 e. The van der Waals surface area contributed by atoms with Crippen LogP contribution in [0.4, 0.5) is 15.8 Å². The molecule has 4 aromatic rings. The summed E-state index contributed by atoms with van der Waals surface area (Å²) < 4.78 is 14.0. The van der Waals surface area contributed by atoms with E-state index in [0.717, 1.165) is 36.1 Å². The normalized spacial score (nSPS) is 20.9. The standard InChI is InChI=1S/C33H29BClFN8/c34-33(22-6-8-23(36)9-7-22,29-18-44(43-42-29)25-10-11-25)41-24-13-27-31(21(16-38)17-39-32(27)28(35)14-24)40-30(26-12-20(26)15-37)19-4-2-1-3-5-19/h1-9,13-14,17-18,20,25-26,30,41-43H,10-12,34H2,(H,39,40)/t20-,26+,30+,33?/m1/s1. The van der Waals surface area contributed by atoms with Crippen LogP contribution in [0.15, 0.2) is 84.8 Å². The van der Waals surface area contributed by atoms with E-state index in [1.165, 1.54) is 18.3 Å². The van der Waals surface area contributed by atoms with Crippen LogP contribution in [-0.4, -0.2) is 23.9 Å². The molecule has 3 aliphatic rings. The Hall–Kier alpha value is -4.77. The number of hydrogen-bond donors (Lipinski definition) is 4. The van der Waals surface area contributed by atoms with Gasteiger partial charge < -0.3 is 16.1 Å². The lowest BCUT2D eigenvalue weighted by molar-refractivity contribution is 0.260. The average Bonchev–Trinajstić information content (AvgIpc) is 3.98. The van der Waals surface area contributed by atoms with Gasteiger partial charge in [0.2, 0.25) is 0 Å². The highest BCUT2D eigenvalue weighted by molar-refractivity contribution is 6.36. The van der Waals surface area contributed by atoms with Crippen LogP contribution in [0.2, 0.25) is 5.02 Å². The number of aromatic nitrogens is 1. The molecule has 218 valence electrons. The Labute approximate surface area is 260 Å². The molecule has 2 aliphatic carbocycles. The Kier molecular flexibility index (Phi) is 7.05. The SMILES string of the molecule is BC(Nc1cc(Cl)c2ncc(C#N)c(N[C@@H](c3ccccc3)[C@H]3C[C@@H]3C#N)c2c1)(C1=CN(C2CC2)NN1)c1ccc(F)cc1. The van der Waals surface area contributed by atoms with Gasteiger partial charge in [-0.25, -0.2) is 4.39 Å². The van der Waals surface area contributed by atoms with Gasteiger partial charge in [-0.05, 0) is 54.7 Å². The van der Waals surface area contributed by atoms with E-state index in [2.05, 4.69) is 43.7 Å². The van der Waals surface area contributed by atoms with Crippen LogP contribution >= 0.6 is 11.6 Å². The summed E-state index contributed by atoms with van der Waals surface area (Å²) in [5, 5.41) is 30.2. The van der Waals surface area contributed by atoms with Gasteiger partial charge in [0.05, 0.1) is 51.0 Å². The number of nitriles is 2. The summed E-state index contributed by atoms with van der Waals surface area (Å²) >= 11 is 6.88. The van der Waals surface area contributed by atoms with Crippen LogP contribution in [0.3, 0.4) is 0 Å². The van der Waals surface area contributed by atoms with E-state index in [1.54, 1.807) is 12.1 Å². The van der Waals surface area contributed by atoms with Crippen molar-refractivity contribution < 1.29 is 4.39 Å². The molecule has 2 heterocycles. The first-order valence-corrected chi connectivity index (χ1v) is 15.1. The predicted octanol–water partition coefficient (Wildman–Crippen LogP) is 5.44. The quantitative estimate of drug-likeness (QED) is 0.188. The third-order valence-corrected chi connectivity index (χ3v) is 9.11. The molecule has 1 unspecified atom stereocenters. The highest BCUT2D eigenvalue weighted by atomic mass is 35.5. The number of rotatable bonds is 9. The van der Waals surface area contributed by atoms with Crippen LogP contribution in [0.1, 0.15) is 42.0 Å². The molecule has 2 fully saturated rings. The number of hydrogen-bond acceptors (Lipinski definition) is 8. The fraction of sp³-hybridized carbons (Fsp3) is 0.242. The van der Waals surface area contributed by atoms with Gasteiger partial charge in [-0.3, -0.25) is 9.99 Å². The number of nitrogens with zero attached hydrogens (tertiary/aromatic N) is 4. The lowest BCUT2D eigenvalue weighted by Crippen LogP contribution is -2.45. The minimum atomic E-state index is -0.810. The van der Waals surface area contributed by atoms with Gasteiger partial charge in [-0.1, -0.05) is 54.1 Å². The molecule has 1 aliphatic heterocycles. The first-order chi connectivity index (χ1) is 21.4. The number of hydrazine groups is 2. The number of pyridine rings is 1. The number of halogens is 2. The van der Waals surface area contributed by atoms with Crippen LogP contribution in [0.5, 0.6) is 0 Å². The van der Waals surface area contributed by atoms with Gasteiger partial charge in [-0.15, -0.1) is 5.53 Å². The van der Waals surface area contributed by atoms with Gasteiger partial charge in [-0.2, -0.15) is 10.5 Å². The minimum absolute atomic E-state index is 0.0559. The van der Waals surface area contributed by atoms with Crippen molar-refractivity contribution in [2.75, 3.05) is 10.6 Å². The van der Waals surface area contributed by atoms with E-state index in [1.807, 2.05) is 56.5 Å². The Morgan fingerprint density at radius 2 is 1.89 bits per heavy atom. The van der Waals surface area contributed by atoms with Gasteiger partial charge in [0, 0.05) is 35.4 Å². The van der Waals surface area contributed by atoms with Gasteiger partial charge >= 0.3 is 0 Å². The highest BCUT2D eigenvalue weighted by Crippen LogP contribution is 2.49. The molecule has 1 aromatic heterocycles. The molecule has 4 atom stereocenters. The molecule has 8 nitrogen and oxygen atoms in total. The van der Waals surface area contributed by atoms with E-state index in [9.17, 15) is 14.9 Å². The van der Waals surface area contributed by atoms with Crippen molar-refractivity contribution in [3.05, 3.63) is 112 Å². The highest BCUT2D eigenvalue weighted by Gasteiger charge is 2.44. The second kappa shape index (κ2) is 11.1. The minimum Gasteiger partial charge on any atom is -0.378 e. The lowest BCUT2D eigenvalue weighted by Gasteiger charge is -2.34. The molecular formula is C33H29BClFN8. The monoisotopic (exact) mass is 602 g/mol. The topological polar surface area (TPSA) is 112 Å². The summed E-state index contributed by atoms with van der Waals surface area (Å²) in [5.74, 6) is -0.262. The zero-order valence-corrected chi connectivity index (χ0v) is 24.7. The van der Waals surface area contributed by atoms with Crippen LogP contribution in [0.25, 0.3) is 10.9 Å². The van der Waals surface area contributed by atoms with Crippen LogP contribution in [0, 0.1) is 40.3 Å². The van der Waals surface area contributed by atoms with Crippen molar-refractivity contribution in [3.63, 3.8) is 0 Å². The molecule has 0 radical (unpaired) electrons. The van der Waals surface area contributed by atoms with Crippen molar-refractivity contribution in [1.29, 1.82) is 10.5 Å². The Balaban J connectivity index is 1.32. The fourth-order valence-electron chi connectivity index (χ4n) is 6.06. The molecule has 7 rings (SSSR count). The summed E-state index contributed by atoms with van der Waals surface area (Å²) in [6.07, 6.45) is 6.59. The maximum atomic E-state index is 14.0. The molecule has 3 aromatic carbocycles. The second-order valence-corrected chi connectivity index (χ2v) is 12.3. The van der Waals surface area contributed by atoms with Gasteiger partial charge in [0.25, 0.3) is 0 Å². The average molecular weight is 603 g/mol. The molecule has 44 heavy (non-hydrogen) atoms. The predicted molar refractivity (Wildman–Crippen MR) is 171 cm³/mol. The van der Waals surface area contributed by atoms with Crippen LogP contribution in [-0.2, 0) is 5.44 Å². The zero-order chi connectivity index (χ0) is 30.4. The lowest BCUT2D eigenvalue weighted by atomic mass is 9.69. The van der Waals surface area contributed by atoms with Crippen molar-refractivity contribution >= 4 is 41.7 Å². The first kappa shape index (κ1) is 28.0. The van der Waals surface area contributed by atoms with Crippen LogP contribution < -0.4 is 21.6 Å². The van der Waals surface area contributed by atoms with Crippen molar-refractivity contribution in [2.45, 2.75) is 36.8 Å². The number of benzene rings is 3. The molecule has 4 N–H and O–H groups in total. The summed E-state index contributed by atoms with van der Waals surface area (Å²) in [4.78, 5) is 4.55. The summed E-state index contributed by atoms with van der Waals surface area (Å²) in [6, 6.07) is 25.1.